The third-order valence-electron chi connectivity index (χ3n) is 5.33. The molecule has 29 heavy (non-hydrogen) atoms. The van der Waals surface area contributed by atoms with Gasteiger partial charge >= 0.3 is 0 Å². The summed E-state index contributed by atoms with van der Waals surface area (Å²) in [7, 11) is 0. The first-order valence-electron chi connectivity index (χ1n) is 9.15. The number of nitro benzene ring substituents is 1. The summed E-state index contributed by atoms with van der Waals surface area (Å²) >= 11 is 6.27. The number of Topliss-reactive ketones (excluding diaryl/α,β-unsaturated/α-hetero) is 1. The first kappa shape index (κ1) is 19.3. The van der Waals surface area contributed by atoms with Gasteiger partial charge in [0.25, 0.3) is 5.69 Å². The normalized spacial score (nSPS) is 19.4. The van der Waals surface area contributed by atoms with Crippen LogP contribution in [0.2, 0.25) is 5.02 Å². The number of benzene rings is 2. The maximum Gasteiger partial charge on any atom is 0.271 e. The molecule has 0 saturated heterocycles. The minimum Gasteiger partial charge on any atom is -0.294 e. The van der Waals surface area contributed by atoms with Crippen LogP contribution in [-0.4, -0.2) is 16.6 Å². The van der Waals surface area contributed by atoms with Crippen LogP contribution in [0.15, 0.2) is 53.7 Å². The topological polar surface area (TPSA) is 80.5 Å². The fourth-order valence-electron chi connectivity index (χ4n) is 4.04. The predicted molar refractivity (Wildman–Crippen MR) is 105 cm³/mol. The highest BCUT2D eigenvalue weighted by atomic mass is 35.5. The van der Waals surface area contributed by atoms with E-state index in [0.717, 1.165) is 0 Å². The molecule has 0 fully saturated rings. The third-order valence-corrected chi connectivity index (χ3v) is 5.65. The Morgan fingerprint density at radius 3 is 2.52 bits per heavy atom. The van der Waals surface area contributed by atoms with Crippen molar-refractivity contribution in [2.24, 2.45) is 0 Å². The van der Waals surface area contributed by atoms with Gasteiger partial charge in [0.2, 0.25) is 5.91 Å². The van der Waals surface area contributed by atoms with Gasteiger partial charge in [-0.1, -0.05) is 23.7 Å². The summed E-state index contributed by atoms with van der Waals surface area (Å²) in [5.74, 6) is -1.25. The fraction of sp³-hybridized carbons (Fsp3) is 0.238. The van der Waals surface area contributed by atoms with Crippen molar-refractivity contribution in [1.29, 1.82) is 0 Å². The Morgan fingerprint density at radius 1 is 1.10 bits per heavy atom. The fourth-order valence-corrected chi connectivity index (χ4v) is 4.24. The van der Waals surface area contributed by atoms with Crippen LogP contribution in [0, 0.1) is 15.9 Å². The lowest BCUT2D eigenvalue weighted by atomic mass is 9.77. The van der Waals surface area contributed by atoms with Crippen molar-refractivity contribution in [3.8, 4) is 0 Å². The molecule has 1 aliphatic carbocycles. The number of carbonyl (C=O) groups excluding carboxylic acids is 2. The minimum absolute atomic E-state index is 0.00474. The van der Waals surface area contributed by atoms with Gasteiger partial charge in [-0.3, -0.25) is 24.6 Å². The number of nitrogens with zero attached hydrogens (tertiary/aromatic N) is 2. The summed E-state index contributed by atoms with van der Waals surface area (Å²) in [4.78, 5) is 37.9. The molecule has 1 heterocycles. The van der Waals surface area contributed by atoms with E-state index in [0.29, 0.717) is 36.1 Å². The SMILES string of the molecule is O=C1CCCC2=C1C(c1ccc(F)cc1)CC(=O)N2c1cc([N+](=O)[O-])ccc1Cl. The average Bonchev–Trinajstić information content (AvgIpc) is 2.69. The summed E-state index contributed by atoms with van der Waals surface area (Å²) in [6.07, 6.45) is 1.41. The summed E-state index contributed by atoms with van der Waals surface area (Å²) < 4.78 is 13.3. The summed E-state index contributed by atoms with van der Waals surface area (Å²) in [6.45, 7) is 0. The molecular formula is C21H16ClFN2O4. The number of non-ortho nitro benzene ring substituents is 1. The minimum atomic E-state index is -0.559. The highest BCUT2D eigenvalue weighted by Crippen LogP contribution is 2.45. The number of nitro groups is 1. The van der Waals surface area contributed by atoms with Crippen LogP contribution in [0.3, 0.4) is 0 Å². The number of allylic oxidation sites excluding steroid dienone is 2. The smallest absolute Gasteiger partial charge is 0.271 e. The zero-order valence-electron chi connectivity index (χ0n) is 15.2. The number of rotatable bonds is 3. The van der Waals surface area contributed by atoms with Gasteiger partial charge in [0.15, 0.2) is 5.78 Å². The van der Waals surface area contributed by atoms with Crippen LogP contribution < -0.4 is 4.90 Å². The van der Waals surface area contributed by atoms with Gasteiger partial charge in [0.05, 0.1) is 15.6 Å². The second-order valence-electron chi connectivity index (χ2n) is 7.07. The Balaban J connectivity index is 1.88. The average molecular weight is 415 g/mol. The number of halogens is 2. The number of hydrogen-bond donors (Lipinski definition) is 0. The molecule has 8 heteroatoms. The molecule has 148 valence electrons. The van der Waals surface area contributed by atoms with E-state index >= 15 is 0 Å². The molecule has 0 spiro atoms. The van der Waals surface area contributed by atoms with Crippen molar-refractivity contribution in [1.82, 2.24) is 0 Å². The van der Waals surface area contributed by atoms with Gasteiger partial charge in [-0.15, -0.1) is 0 Å². The van der Waals surface area contributed by atoms with E-state index in [1.807, 2.05) is 0 Å². The molecule has 0 bridgehead atoms. The summed E-state index contributed by atoms with van der Waals surface area (Å²) in [5, 5.41) is 11.4. The molecule has 2 aromatic rings. The van der Waals surface area contributed by atoms with Crippen molar-refractivity contribution in [2.45, 2.75) is 31.6 Å². The van der Waals surface area contributed by atoms with E-state index in [1.165, 1.54) is 35.2 Å². The molecule has 1 amide bonds. The molecule has 0 saturated carbocycles. The zero-order chi connectivity index (χ0) is 20.7. The van der Waals surface area contributed by atoms with E-state index in [-0.39, 0.29) is 34.5 Å². The molecule has 2 aliphatic rings. The molecule has 0 aromatic heterocycles. The summed E-state index contributed by atoms with van der Waals surface area (Å²) in [5.41, 5.74) is 1.72. The molecule has 2 aromatic carbocycles. The standard InChI is InChI=1S/C21H16ClFN2O4/c22-16-9-8-14(25(28)29)10-18(16)24-17-2-1-3-19(26)21(17)15(11-20(24)27)12-4-6-13(23)7-5-12/h4-10,15H,1-3,11H2. The quantitative estimate of drug-likeness (QED) is 0.527. The van der Waals surface area contributed by atoms with Gasteiger partial charge in [0, 0.05) is 42.2 Å². The molecule has 1 unspecified atom stereocenters. The Morgan fingerprint density at radius 2 is 1.83 bits per heavy atom. The summed E-state index contributed by atoms with van der Waals surface area (Å²) in [6, 6.07) is 9.66. The predicted octanol–water partition coefficient (Wildman–Crippen LogP) is 4.91. The zero-order valence-corrected chi connectivity index (χ0v) is 16.0. The van der Waals surface area contributed by atoms with Crippen LogP contribution in [0.5, 0.6) is 0 Å². The van der Waals surface area contributed by atoms with E-state index in [4.69, 9.17) is 11.6 Å². The lowest BCUT2D eigenvalue weighted by Gasteiger charge is -2.38. The maximum atomic E-state index is 13.3. The third kappa shape index (κ3) is 3.42. The molecule has 6 nitrogen and oxygen atoms in total. The molecule has 1 atom stereocenters. The van der Waals surface area contributed by atoms with Crippen LogP contribution >= 0.6 is 11.6 Å². The molecule has 0 N–H and O–H groups in total. The lowest BCUT2D eigenvalue weighted by molar-refractivity contribution is -0.384. The number of anilines is 1. The van der Waals surface area contributed by atoms with Crippen molar-refractivity contribution >= 4 is 34.7 Å². The Labute approximate surface area is 170 Å². The van der Waals surface area contributed by atoms with Crippen molar-refractivity contribution in [3.05, 3.63) is 80.3 Å². The van der Waals surface area contributed by atoms with E-state index in [2.05, 4.69) is 0 Å². The Hall–Kier alpha value is -3.06. The molecular weight excluding hydrogens is 399 g/mol. The first-order chi connectivity index (χ1) is 13.9. The number of hydrogen-bond acceptors (Lipinski definition) is 4. The first-order valence-corrected chi connectivity index (χ1v) is 9.53. The van der Waals surface area contributed by atoms with Gasteiger partial charge in [-0.05, 0) is 36.6 Å². The number of amides is 1. The Kier molecular flexibility index (Phi) is 4.92. The second-order valence-corrected chi connectivity index (χ2v) is 7.47. The Bertz CT molecular complexity index is 1060. The van der Waals surface area contributed by atoms with Crippen molar-refractivity contribution in [3.63, 3.8) is 0 Å². The van der Waals surface area contributed by atoms with Crippen molar-refractivity contribution in [2.75, 3.05) is 4.90 Å². The van der Waals surface area contributed by atoms with Gasteiger partial charge in [0.1, 0.15) is 5.82 Å². The second kappa shape index (κ2) is 7.40. The number of carbonyl (C=O) groups is 2. The molecule has 4 rings (SSSR count). The molecule has 1 aliphatic heterocycles. The molecule has 0 radical (unpaired) electrons. The van der Waals surface area contributed by atoms with Gasteiger partial charge in [-0.25, -0.2) is 4.39 Å². The highest BCUT2D eigenvalue weighted by molar-refractivity contribution is 6.34. The van der Waals surface area contributed by atoms with Crippen LogP contribution in [0.25, 0.3) is 0 Å². The van der Waals surface area contributed by atoms with E-state index in [9.17, 15) is 24.1 Å². The van der Waals surface area contributed by atoms with Crippen LogP contribution in [0.1, 0.15) is 37.2 Å². The number of ketones is 1. The van der Waals surface area contributed by atoms with Gasteiger partial charge < -0.3 is 0 Å². The van der Waals surface area contributed by atoms with Crippen LogP contribution in [0.4, 0.5) is 15.8 Å². The monoisotopic (exact) mass is 414 g/mol. The van der Waals surface area contributed by atoms with Crippen molar-refractivity contribution < 1.29 is 18.9 Å². The van der Waals surface area contributed by atoms with Gasteiger partial charge in [-0.2, -0.15) is 0 Å². The maximum absolute atomic E-state index is 13.3. The van der Waals surface area contributed by atoms with Crippen LogP contribution in [-0.2, 0) is 9.59 Å². The van der Waals surface area contributed by atoms with E-state index in [1.54, 1.807) is 12.1 Å². The lowest BCUT2D eigenvalue weighted by Crippen LogP contribution is -2.40. The highest BCUT2D eigenvalue weighted by Gasteiger charge is 2.40. The van der Waals surface area contributed by atoms with E-state index < -0.39 is 16.7 Å². The largest absolute Gasteiger partial charge is 0.294 e.